The fraction of sp³-hybridized carbons (Fsp3) is 0.300. The van der Waals surface area contributed by atoms with Crippen molar-refractivity contribution in [1.29, 1.82) is 0 Å². The number of hydrogen-bond donors (Lipinski definition) is 3. The van der Waals surface area contributed by atoms with Crippen LogP contribution in [0.5, 0.6) is 5.75 Å². The Hall–Kier alpha value is -2.57. The van der Waals surface area contributed by atoms with Gasteiger partial charge in [-0.15, -0.1) is 12.4 Å². The highest BCUT2D eigenvalue weighted by atomic mass is 35.5. The van der Waals surface area contributed by atoms with E-state index in [0.29, 0.717) is 30.1 Å². The third-order valence-corrected chi connectivity index (χ3v) is 4.75. The van der Waals surface area contributed by atoms with Gasteiger partial charge >= 0.3 is 0 Å². The van der Waals surface area contributed by atoms with Gasteiger partial charge in [-0.1, -0.05) is 24.3 Å². The van der Waals surface area contributed by atoms with Crippen LogP contribution < -0.4 is 20.7 Å². The molecule has 2 aromatic rings. The van der Waals surface area contributed by atoms with E-state index in [1.54, 1.807) is 24.3 Å². The van der Waals surface area contributed by atoms with Crippen molar-refractivity contribution >= 4 is 29.9 Å². The van der Waals surface area contributed by atoms with Crippen LogP contribution in [0.2, 0.25) is 0 Å². The van der Waals surface area contributed by atoms with Crippen molar-refractivity contribution in [1.82, 2.24) is 10.6 Å². The largest absolute Gasteiger partial charge is 0.480 e. The van der Waals surface area contributed by atoms with Crippen LogP contribution in [0.4, 0.5) is 5.69 Å². The summed E-state index contributed by atoms with van der Waals surface area (Å²) in [6.45, 7) is 2.55. The lowest BCUT2D eigenvalue weighted by Gasteiger charge is -2.27. The van der Waals surface area contributed by atoms with Crippen molar-refractivity contribution in [2.24, 2.45) is 5.92 Å². The Morgan fingerprint density at radius 3 is 2.67 bits per heavy atom. The summed E-state index contributed by atoms with van der Waals surface area (Å²) < 4.78 is 5.71. The zero-order valence-corrected chi connectivity index (χ0v) is 15.6. The predicted octanol–water partition coefficient (Wildman–Crippen LogP) is 2.00. The minimum absolute atomic E-state index is 0. The highest BCUT2D eigenvalue weighted by molar-refractivity contribution is 5.98. The van der Waals surface area contributed by atoms with E-state index < -0.39 is 6.10 Å². The molecule has 3 N–H and O–H groups in total. The number of para-hydroxylation sites is 1. The molecule has 4 rings (SSSR count). The summed E-state index contributed by atoms with van der Waals surface area (Å²) in [6.07, 6.45) is 0.00781. The topological polar surface area (TPSA) is 79.5 Å². The van der Waals surface area contributed by atoms with E-state index >= 15 is 0 Å². The number of carbonyl (C=O) groups excluding carboxylic acids is 2. The number of benzene rings is 2. The number of carbonyl (C=O) groups is 2. The molecule has 2 aromatic carbocycles. The minimum Gasteiger partial charge on any atom is -0.480 e. The van der Waals surface area contributed by atoms with Gasteiger partial charge in [-0.3, -0.25) is 9.59 Å². The first-order valence-corrected chi connectivity index (χ1v) is 8.83. The van der Waals surface area contributed by atoms with E-state index in [4.69, 9.17) is 4.74 Å². The lowest BCUT2D eigenvalue weighted by Crippen LogP contribution is -2.48. The number of hydrogen-bond acceptors (Lipinski definition) is 4. The van der Waals surface area contributed by atoms with E-state index in [9.17, 15) is 9.59 Å². The summed E-state index contributed by atoms with van der Waals surface area (Å²) in [4.78, 5) is 24.7. The Morgan fingerprint density at radius 1 is 1.11 bits per heavy atom. The zero-order valence-electron chi connectivity index (χ0n) is 14.7. The van der Waals surface area contributed by atoms with E-state index in [1.807, 2.05) is 24.3 Å². The van der Waals surface area contributed by atoms with Gasteiger partial charge in [-0.05, 0) is 29.8 Å². The number of halogens is 1. The average Bonchev–Trinajstić information content (AvgIpc) is 3.05. The van der Waals surface area contributed by atoms with Gasteiger partial charge in [-0.25, -0.2) is 0 Å². The average molecular weight is 388 g/mol. The van der Waals surface area contributed by atoms with Gasteiger partial charge in [-0.2, -0.15) is 0 Å². The zero-order chi connectivity index (χ0) is 17.9. The Balaban J connectivity index is 0.00000210. The summed E-state index contributed by atoms with van der Waals surface area (Å²) in [5.74, 6) is 0.922. The van der Waals surface area contributed by atoms with E-state index in [2.05, 4.69) is 16.0 Å². The summed E-state index contributed by atoms with van der Waals surface area (Å²) in [5.41, 5.74) is 2.16. The number of rotatable bonds is 5. The number of amides is 2. The van der Waals surface area contributed by atoms with E-state index in [1.165, 1.54) is 0 Å². The predicted molar refractivity (Wildman–Crippen MR) is 106 cm³/mol. The molecular weight excluding hydrogens is 366 g/mol. The highest BCUT2D eigenvalue weighted by Crippen LogP contribution is 2.28. The molecule has 1 unspecified atom stereocenters. The molecule has 1 fully saturated rings. The molecule has 0 bridgehead atoms. The fourth-order valence-electron chi connectivity index (χ4n) is 3.12. The molecule has 1 atom stereocenters. The van der Waals surface area contributed by atoms with Gasteiger partial charge in [0.05, 0.1) is 0 Å². The monoisotopic (exact) mass is 387 g/mol. The standard InChI is InChI=1S/C20H21N3O3.ClH/c24-19(22-12-13-10-21-11-13)15-5-3-6-16(8-15)23-20(25)18-9-14-4-1-2-7-17(14)26-18;/h1-8,13,18,21H,9-12H2,(H,22,24)(H,23,25);1H. The molecule has 0 saturated carbocycles. The lowest BCUT2D eigenvalue weighted by atomic mass is 10.0. The SMILES string of the molecule is Cl.O=C(NCC1CNC1)c1cccc(NC(=O)C2Cc3ccccc3O2)c1. The van der Waals surface area contributed by atoms with Crippen molar-refractivity contribution in [2.45, 2.75) is 12.5 Å². The lowest BCUT2D eigenvalue weighted by molar-refractivity contribution is -0.122. The van der Waals surface area contributed by atoms with Crippen LogP contribution in [0, 0.1) is 5.92 Å². The fourth-order valence-corrected chi connectivity index (χ4v) is 3.12. The van der Waals surface area contributed by atoms with Gasteiger partial charge < -0.3 is 20.7 Å². The van der Waals surface area contributed by atoms with Crippen LogP contribution in [-0.2, 0) is 11.2 Å². The van der Waals surface area contributed by atoms with Gasteiger partial charge in [0.15, 0.2) is 6.10 Å². The first-order chi connectivity index (χ1) is 12.7. The second kappa shape index (κ2) is 8.41. The van der Waals surface area contributed by atoms with Crippen LogP contribution in [0.15, 0.2) is 48.5 Å². The number of ether oxygens (including phenoxy) is 1. The number of nitrogens with one attached hydrogen (secondary N) is 3. The number of anilines is 1. The Labute approximate surface area is 164 Å². The third-order valence-electron chi connectivity index (χ3n) is 4.75. The normalized spacial score (nSPS) is 17.7. The van der Waals surface area contributed by atoms with Gasteiger partial charge in [0.2, 0.25) is 0 Å². The quantitative estimate of drug-likeness (QED) is 0.733. The van der Waals surface area contributed by atoms with Crippen molar-refractivity contribution in [2.75, 3.05) is 25.0 Å². The highest BCUT2D eigenvalue weighted by Gasteiger charge is 2.28. The molecule has 0 aliphatic carbocycles. The molecule has 6 nitrogen and oxygen atoms in total. The maximum Gasteiger partial charge on any atom is 0.265 e. The Kier molecular flexibility index (Phi) is 5.98. The smallest absolute Gasteiger partial charge is 0.265 e. The maximum absolute atomic E-state index is 12.5. The van der Waals surface area contributed by atoms with Gasteiger partial charge in [0, 0.05) is 43.2 Å². The van der Waals surface area contributed by atoms with Crippen LogP contribution in [-0.4, -0.2) is 37.6 Å². The molecule has 27 heavy (non-hydrogen) atoms. The summed E-state index contributed by atoms with van der Waals surface area (Å²) in [7, 11) is 0. The van der Waals surface area contributed by atoms with Crippen molar-refractivity contribution in [3.05, 3.63) is 59.7 Å². The molecule has 0 aromatic heterocycles. The van der Waals surface area contributed by atoms with Crippen molar-refractivity contribution in [3.8, 4) is 5.75 Å². The second-order valence-electron chi connectivity index (χ2n) is 6.72. The summed E-state index contributed by atoms with van der Waals surface area (Å²) in [5, 5.41) is 8.96. The Bertz CT molecular complexity index is 814. The number of fused-ring (bicyclic) bond motifs is 1. The minimum atomic E-state index is -0.545. The van der Waals surface area contributed by atoms with Gasteiger partial charge in [0.1, 0.15) is 5.75 Å². The molecule has 142 valence electrons. The Morgan fingerprint density at radius 2 is 1.93 bits per heavy atom. The third kappa shape index (κ3) is 4.40. The van der Waals surface area contributed by atoms with Crippen molar-refractivity contribution < 1.29 is 14.3 Å². The van der Waals surface area contributed by atoms with E-state index in [-0.39, 0.29) is 24.2 Å². The van der Waals surface area contributed by atoms with Crippen LogP contribution in [0.25, 0.3) is 0 Å². The molecule has 2 heterocycles. The maximum atomic E-state index is 12.5. The molecule has 7 heteroatoms. The molecule has 2 aliphatic heterocycles. The summed E-state index contributed by atoms with van der Waals surface area (Å²) in [6, 6.07) is 14.6. The molecule has 2 amide bonds. The molecule has 0 spiro atoms. The first kappa shape index (κ1) is 19.2. The second-order valence-corrected chi connectivity index (χ2v) is 6.72. The molecule has 1 saturated heterocycles. The van der Waals surface area contributed by atoms with Crippen LogP contribution in [0.3, 0.4) is 0 Å². The molecule has 0 radical (unpaired) electrons. The first-order valence-electron chi connectivity index (χ1n) is 8.83. The van der Waals surface area contributed by atoms with Crippen molar-refractivity contribution in [3.63, 3.8) is 0 Å². The molecular formula is C20H22ClN3O3. The summed E-state index contributed by atoms with van der Waals surface area (Å²) >= 11 is 0. The van der Waals surface area contributed by atoms with Crippen LogP contribution in [0.1, 0.15) is 15.9 Å². The van der Waals surface area contributed by atoms with Gasteiger partial charge in [0.25, 0.3) is 11.8 Å². The molecule has 2 aliphatic rings. The van der Waals surface area contributed by atoms with E-state index in [0.717, 1.165) is 24.4 Å². The van der Waals surface area contributed by atoms with Crippen LogP contribution >= 0.6 is 12.4 Å².